The van der Waals surface area contributed by atoms with Crippen molar-refractivity contribution in [2.75, 3.05) is 205 Å². The van der Waals surface area contributed by atoms with Gasteiger partial charge in [-0.15, -0.1) is 0 Å². The van der Waals surface area contributed by atoms with Crippen LogP contribution in [0.1, 0.15) is 32.1 Å². The van der Waals surface area contributed by atoms with Crippen LogP contribution >= 0.6 is 0 Å². The highest BCUT2D eigenvalue weighted by Gasteiger charge is 2.49. The van der Waals surface area contributed by atoms with Gasteiger partial charge >= 0.3 is 17.9 Å². The number of alkyl halides is 4. The summed E-state index contributed by atoms with van der Waals surface area (Å²) in [5.41, 5.74) is 3.33. The van der Waals surface area contributed by atoms with Crippen molar-refractivity contribution in [3.8, 4) is 11.5 Å². The van der Waals surface area contributed by atoms with E-state index in [1.807, 2.05) is 0 Å². The first-order valence-corrected chi connectivity index (χ1v) is 29.8. The van der Waals surface area contributed by atoms with Crippen molar-refractivity contribution < 1.29 is 157 Å². The molecule has 0 aromatic heterocycles. The average molecular weight is 1390 g/mol. The lowest BCUT2D eigenvalue weighted by Crippen LogP contribution is -2.59. The molecule has 3 rings (SSSR count). The standard InChI is InChI=1S/C58H82F12N2O22/c59-39-33-40(60)50(66)55(49(39)65)92-46(74)2-7-89-36-58(37-90-8-3-47(75)93-56-51(67)41(61)34-42(62)52(56)68,38-91-9-4-48(76)94-57-53(69)43(63)35-44(64)54(57)70)72-45(73)1-6-77-11-13-79-15-17-81-19-21-83-23-25-85-27-29-87-31-32-88-30-28-86-26-24-84-22-20-82-18-16-80-14-12-78-10-5-71/h33-34,43-44,53-54,57H,1-32,35-38,71H2,(H,72,73). The monoisotopic (exact) mass is 1390 g/mol. The lowest BCUT2D eigenvalue weighted by atomic mass is 9.91. The molecule has 4 unspecified atom stereocenters. The molecule has 540 valence electrons. The summed E-state index contributed by atoms with van der Waals surface area (Å²) >= 11 is 0. The van der Waals surface area contributed by atoms with E-state index in [4.69, 9.17) is 76.8 Å². The summed E-state index contributed by atoms with van der Waals surface area (Å²) in [6.45, 7) is 3.61. The summed E-state index contributed by atoms with van der Waals surface area (Å²) in [7, 11) is 0. The molecule has 0 radical (unpaired) electrons. The van der Waals surface area contributed by atoms with E-state index in [-0.39, 0.29) is 58.4 Å². The number of nitrogens with one attached hydrogen (secondary N) is 1. The molecule has 1 aliphatic rings. The van der Waals surface area contributed by atoms with Gasteiger partial charge in [-0.1, -0.05) is 0 Å². The smallest absolute Gasteiger partial charge is 0.313 e. The molecule has 0 heterocycles. The molecule has 36 heteroatoms. The number of hydrogen-bond donors (Lipinski definition) is 2. The maximum atomic E-state index is 14.4. The van der Waals surface area contributed by atoms with E-state index >= 15 is 0 Å². The molecule has 4 atom stereocenters. The van der Waals surface area contributed by atoms with E-state index in [0.29, 0.717) is 119 Å². The van der Waals surface area contributed by atoms with Gasteiger partial charge in [0.25, 0.3) is 0 Å². The number of rotatable bonds is 57. The summed E-state index contributed by atoms with van der Waals surface area (Å²) in [5.74, 6) is -24.5. The van der Waals surface area contributed by atoms with E-state index in [1.165, 1.54) is 0 Å². The molecular weight excluding hydrogens is 1300 g/mol. The molecule has 0 saturated heterocycles. The summed E-state index contributed by atoms with van der Waals surface area (Å²) in [6, 6.07) is -0.280. The van der Waals surface area contributed by atoms with Gasteiger partial charge in [0, 0.05) is 31.5 Å². The number of carbonyl (C=O) groups excluding carboxylic acids is 4. The van der Waals surface area contributed by atoms with Crippen LogP contribution in [0, 0.1) is 46.5 Å². The fourth-order valence-corrected chi connectivity index (χ4v) is 7.64. The number of carbonyl (C=O) groups is 4. The third kappa shape index (κ3) is 35.2. The lowest BCUT2D eigenvalue weighted by molar-refractivity contribution is -0.169. The molecule has 1 saturated carbocycles. The highest BCUT2D eigenvalue weighted by molar-refractivity contribution is 5.77. The largest absolute Gasteiger partial charge is 0.456 e. The molecule has 0 spiro atoms. The third-order valence-corrected chi connectivity index (χ3v) is 12.3. The van der Waals surface area contributed by atoms with Crippen LogP contribution in [0.3, 0.4) is 0 Å². The maximum Gasteiger partial charge on any atom is 0.313 e. The Kier molecular flexibility index (Phi) is 44.4. The second-order valence-corrected chi connectivity index (χ2v) is 19.8. The van der Waals surface area contributed by atoms with Crippen LogP contribution < -0.4 is 20.5 Å². The molecule has 2 aromatic carbocycles. The van der Waals surface area contributed by atoms with Crippen LogP contribution in [-0.2, 0) is 95.0 Å². The Balaban J connectivity index is 1.37. The maximum absolute atomic E-state index is 14.4. The fraction of sp³-hybridized carbons (Fsp3) is 0.724. The zero-order valence-corrected chi connectivity index (χ0v) is 51.6. The van der Waals surface area contributed by atoms with Crippen LogP contribution in [0.4, 0.5) is 52.7 Å². The third-order valence-electron chi connectivity index (χ3n) is 12.3. The van der Waals surface area contributed by atoms with Crippen LogP contribution in [-0.4, -0.2) is 265 Å². The van der Waals surface area contributed by atoms with Gasteiger partial charge < -0.3 is 96.3 Å². The topological polar surface area (TPSA) is 272 Å². The Morgan fingerprint density at radius 3 is 0.915 bits per heavy atom. The average Bonchev–Trinajstić information content (AvgIpc) is 0.853. The number of ether oxygens (including phenoxy) is 18. The summed E-state index contributed by atoms with van der Waals surface area (Å²) in [6.07, 6.45) is -17.1. The Morgan fingerprint density at radius 1 is 0.372 bits per heavy atom. The first-order valence-electron chi connectivity index (χ1n) is 29.8. The second kappa shape index (κ2) is 50.2. The zero-order valence-electron chi connectivity index (χ0n) is 51.6. The number of esters is 3. The van der Waals surface area contributed by atoms with Gasteiger partial charge in [-0.05, 0) is 0 Å². The first kappa shape index (κ1) is 83.1. The minimum absolute atomic E-state index is 0.0353. The molecule has 1 amide bonds. The normalized spacial score (nSPS) is 16.6. The van der Waals surface area contributed by atoms with Crippen LogP contribution in [0.2, 0.25) is 0 Å². The molecule has 1 aliphatic carbocycles. The number of benzene rings is 2. The summed E-state index contributed by atoms with van der Waals surface area (Å²) < 4.78 is 264. The molecule has 94 heavy (non-hydrogen) atoms. The van der Waals surface area contributed by atoms with Crippen LogP contribution in [0.25, 0.3) is 0 Å². The quantitative estimate of drug-likeness (QED) is 0.0301. The first-order chi connectivity index (χ1) is 45.3. The van der Waals surface area contributed by atoms with Crippen molar-refractivity contribution in [1.82, 2.24) is 5.32 Å². The number of nitrogens with two attached hydrogens (primary N) is 1. The summed E-state index contributed by atoms with van der Waals surface area (Å²) in [5, 5.41) is 2.52. The van der Waals surface area contributed by atoms with E-state index in [2.05, 4.69) is 19.5 Å². The molecule has 0 aliphatic heterocycles. The van der Waals surface area contributed by atoms with Gasteiger partial charge in [-0.3, -0.25) is 19.2 Å². The van der Waals surface area contributed by atoms with Crippen molar-refractivity contribution in [2.24, 2.45) is 5.73 Å². The van der Waals surface area contributed by atoms with Crippen molar-refractivity contribution in [2.45, 2.75) is 68.4 Å². The second-order valence-electron chi connectivity index (χ2n) is 19.8. The molecular formula is C58H82F12N2O22. The minimum atomic E-state index is -2.71. The highest BCUT2D eigenvalue weighted by Crippen LogP contribution is 2.32. The van der Waals surface area contributed by atoms with Gasteiger partial charge in [-0.25, -0.2) is 35.1 Å². The Hall–Kier alpha value is -5.16. The fourth-order valence-electron chi connectivity index (χ4n) is 7.64. The molecule has 0 bridgehead atoms. The Labute approximate surface area is 534 Å². The van der Waals surface area contributed by atoms with Gasteiger partial charge in [0.2, 0.25) is 40.7 Å². The molecule has 3 N–H and O–H groups in total. The van der Waals surface area contributed by atoms with Crippen molar-refractivity contribution in [3.63, 3.8) is 0 Å². The minimum Gasteiger partial charge on any atom is -0.456 e. The lowest BCUT2D eigenvalue weighted by Gasteiger charge is -2.34. The predicted octanol–water partition coefficient (Wildman–Crippen LogP) is 4.60. The molecule has 1 fully saturated rings. The van der Waals surface area contributed by atoms with Crippen molar-refractivity contribution >= 4 is 23.8 Å². The number of halogens is 12. The predicted molar refractivity (Wildman–Crippen MR) is 299 cm³/mol. The highest BCUT2D eigenvalue weighted by atomic mass is 19.2. The van der Waals surface area contributed by atoms with Gasteiger partial charge in [0.05, 0.1) is 217 Å². The van der Waals surface area contributed by atoms with Crippen molar-refractivity contribution in [3.05, 3.63) is 58.7 Å². The Morgan fingerprint density at radius 2 is 0.628 bits per heavy atom. The SMILES string of the molecule is NCCOCCOCCOCCOCCOCCOCCOCCOCCOCCOCCOCCOCCC(=O)NC(COCCC(=O)Oc1c(F)c(F)cc(F)c1F)(COCCC(=O)Oc1c(F)c(F)cc(F)c1F)COCCC(=O)OC1C(F)C(F)CC(F)C1F. The van der Waals surface area contributed by atoms with Crippen molar-refractivity contribution in [1.29, 1.82) is 0 Å². The van der Waals surface area contributed by atoms with E-state index in [1.54, 1.807) is 0 Å². The van der Waals surface area contributed by atoms with Crippen LogP contribution in [0.15, 0.2) is 12.1 Å². The van der Waals surface area contributed by atoms with E-state index in [0.717, 1.165) is 0 Å². The zero-order chi connectivity index (χ0) is 68.8. The van der Waals surface area contributed by atoms with Gasteiger partial charge in [0.1, 0.15) is 17.9 Å². The number of hydrogen-bond acceptors (Lipinski definition) is 23. The van der Waals surface area contributed by atoms with E-state index in [9.17, 15) is 71.9 Å². The molecule has 24 nitrogen and oxygen atoms in total. The van der Waals surface area contributed by atoms with Gasteiger partial charge in [-0.2, -0.15) is 17.6 Å². The summed E-state index contributed by atoms with van der Waals surface area (Å²) in [4.78, 5) is 51.1. The van der Waals surface area contributed by atoms with Gasteiger partial charge in [0.15, 0.2) is 41.7 Å². The molecule has 2 aromatic rings. The number of amides is 1. The van der Waals surface area contributed by atoms with Crippen LogP contribution in [0.5, 0.6) is 11.5 Å². The Bertz CT molecular complexity index is 2290. The van der Waals surface area contributed by atoms with E-state index < -0.39 is 190 Å².